The van der Waals surface area contributed by atoms with Crippen LogP contribution < -0.4 is 15.2 Å². The van der Waals surface area contributed by atoms with E-state index in [9.17, 15) is 0 Å². The van der Waals surface area contributed by atoms with Crippen molar-refractivity contribution in [3.8, 4) is 11.5 Å². The van der Waals surface area contributed by atoms with Crippen LogP contribution in [-0.4, -0.2) is 7.11 Å². The Morgan fingerprint density at radius 1 is 1.05 bits per heavy atom. The maximum atomic E-state index is 6.21. The quantitative estimate of drug-likeness (QED) is 0.854. The molecule has 0 bridgehead atoms. The smallest absolute Gasteiger partial charge is 0.180 e. The summed E-state index contributed by atoms with van der Waals surface area (Å²) in [6.45, 7) is 0.605. The molecule has 0 spiro atoms. The van der Waals surface area contributed by atoms with Gasteiger partial charge in [-0.25, -0.2) is 0 Å². The molecule has 2 aromatic rings. The number of rotatable bonds is 5. The number of hydrogen-bond acceptors (Lipinski definition) is 3. The molecule has 0 heterocycles. The Morgan fingerprint density at radius 3 is 2.48 bits per heavy atom. The molecule has 2 N–H and O–H groups in total. The third-order valence-corrected chi connectivity index (χ3v) is 3.79. The van der Waals surface area contributed by atoms with Gasteiger partial charge < -0.3 is 15.2 Å². The van der Waals surface area contributed by atoms with Gasteiger partial charge in [0, 0.05) is 22.2 Å². The third-order valence-electron chi connectivity index (χ3n) is 2.90. The van der Waals surface area contributed by atoms with Crippen LogP contribution in [0.15, 0.2) is 30.3 Å². The van der Waals surface area contributed by atoms with E-state index in [1.807, 2.05) is 0 Å². The van der Waals surface area contributed by atoms with Gasteiger partial charge in [0.15, 0.2) is 11.5 Å². The molecule has 0 aliphatic heterocycles. The van der Waals surface area contributed by atoms with Crippen molar-refractivity contribution in [2.45, 2.75) is 13.2 Å². The van der Waals surface area contributed by atoms with Crippen molar-refractivity contribution in [3.63, 3.8) is 0 Å². The fourth-order valence-electron chi connectivity index (χ4n) is 1.84. The summed E-state index contributed by atoms with van der Waals surface area (Å²) in [6, 6.07) is 8.73. The largest absolute Gasteiger partial charge is 0.493 e. The van der Waals surface area contributed by atoms with Gasteiger partial charge in [-0.2, -0.15) is 0 Å². The summed E-state index contributed by atoms with van der Waals surface area (Å²) in [5, 5.41) is 1.61. The maximum Gasteiger partial charge on any atom is 0.180 e. The van der Waals surface area contributed by atoms with Crippen LogP contribution in [0.1, 0.15) is 11.1 Å². The first-order chi connectivity index (χ1) is 10.0. The van der Waals surface area contributed by atoms with Gasteiger partial charge in [0.05, 0.1) is 12.1 Å². The van der Waals surface area contributed by atoms with Crippen molar-refractivity contribution in [3.05, 3.63) is 56.5 Å². The molecule has 0 aromatic heterocycles. The van der Waals surface area contributed by atoms with E-state index in [4.69, 9.17) is 50.0 Å². The zero-order chi connectivity index (χ0) is 15.4. The highest BCUT2D eigenvalue weighted by Crippen LogP contribution is 2.37. The minimum atomic E-state index is 0.234. The van der Waals surface area contributed by atoms with Crippen molar-refractivity contribution >= 4 is 34.8 Å². The molecule has 21 heavy (non-hydrogen) atoms. The fourth-order valence-corrected chi connectivity index (χ4v) is 2.49. The highest BCUT2D eigenvalue weighted by Gasteiger charge is 2.13. The average molecular weight is 347 g/mol. The van der Waals surface area contributed by atoms with E-state index in [-0.39, 0.29) is 6.61 Å². The molecule has 0 amide bonds. The lowest BCUT2D eigenvalue weighted by molar-refractivity contribution is 0.284. The van der Waals surface area contributed by atoms with Crippen molar-refractivity contribution in [1.29, 1.82) is 0 Å². The molecule has 6 heteroatoms. The van der Waals surface area contributed by atoms with Crippen LogP contribution in [0.25, 0.3) is 0 Å². The Labute approximate surface area is 138 Å². The first kappa shape index (κ1) is 16.2. The van der Waals surface area contributed by atoms with Gasteiger partial charge in [0.2, 0.25) is 0 Å². The van der Waals surface area contributed by atoms with Crippen LogP contribution in [0.3, 0.4) is 0 Å². The summed E-state index contributed by atoms with van der Waals surface area (Å²) in [5.41, 5.74) is 7.24. The molecule has 2 aromatic carbocycles. The number of halogens is 3. The van der Waals surface area contributed by atoms with E-state index < -0.39 is 0 Å². The molecule has 0 radical (unpaired) electrons. The van der Waals surface area contributed by atoms with Gasteiger partial charge in [0.25, 0.3) is 0 Å². The summed E-state index contributed by atoms with van der Waals surface area (Å²) < 4.78 is 11.0. The van der Waals surface area contributed by atoms with Crippen molar-refractivity contribution in [2.75, 3.05) is 7.11 Å². The second kappa shape index (κ2) is 7.23. The van der Waals surface area contributed by atoms with E-state index in [1.54, 1.807) is 37.4 Å². The second-order valence-electron chi connectivity index (χ2n) is 4.34. The van der Waals surface area contributed by atoms with Crippen LogP contribution in [0.2, 0.25) is 15.1 Å². The normalized spacial score (nSPS) is 10.5. The van der Waals surface area contributed by atoms with Gasteiger partial charge in [0.1, 0.15) is 6.61 Å². The zero-order valence-corrected chi connectivity index (χ0v) is 13.6. The molecule has 112 valence electrons. The standard InChI is InChI=1S/C15H14Cl3NO2/c1-20-14-5-9(7-19)4-13(18)15(14)21-8-10-6-11(16)2-3-12(10)17/h2-6H,7-8,19H2,1H3. The van der Waals surface area contributed by atoms with E-state index in [0.29, 0.717) is 33.1 Å². The van der Waals surface area contributed by atoms with Gasteiger partial charge >= 0.3 is 0 Å². The first-order valence-electron chi connectivity index (χ1n) is 6.18. The predicted octanol–water partition coefficient (Wildman–Crippen LogP) is 4.69. The van der Waals surface area contributed by atoms with E-state index in [1.165, 1.54) is 0 Å². The molecule has 3 nitrogen and oxygen atoms in total. The Morgan fingerprint density at radius 2 is 1.81 bits per heavy atom. The molecular formula is C15H14Cl3NO2. The molecular weight excluding hydrogens is 333 g/mol. The van der Waals surface area contributed by atoms with Crippen LogP contribution in [0.5, 0.6) is 11.5 Å². The lowest BCUT2D eigenvalue weighted by Gasteiger charge is -2.14. The minimum absolute atomic E-state index is 0.234. The van der Waals surface area contributed by atoms with Crippen molar-refractivity contribution in [1.82, 2.24) is 0 Å². The maximum absolute atomic E-state index is 6.21. The first-order valence-corrected chi connectivity index (χ1v) is 7.31. The van der Waals surface area contributed by atoms with Crippen LogP contribution in [-0.2, 0) is 13.2 Å². The Bertz CT molecular complexity index is 647. The van der Waals surface area contributed by atoms with E-state index in [2.05, 4.69) is 0 Å². The number of hydrogen-bond donors (Lipinski definition) is 1. The summed E-state index contributed by atoms with van der Waals surface area (Å²) in [7, 11) is 1.55. The van der Waals surface area contributed by atoms with Crippen molar-refractivity contribution in [2.24, 2.45) is 5.73 Å². The van der Waals surface area contributed by atoms with E-state index >= 15 is 0 Å². The number of ether oxygens (including phenoxy) is 2. The minimum Gasteiger partial charge on any atom is -0.493 e. The number of methoxy groups -OCH3 is 1. The molecule has 0 atom stereocenters. The van der Waals surface area contributed by atoms with Crippen LogP contribution in [0.4, 0.5) is 0 Å². The lowest BCUT2D eigenvalue weighted by atomic mass is 10.2. The number of benzene rings is 2. The third kappa shape index (κ3) is 3.95. The van der Waals surface area contributed by atoms with Gasteiger partial charge in [-0.1, -0.05) is 34.8 Å². The Balaban J connectivity index is 2.25. The molecule has 2 rings (SSSR count). The molecule has 0 unspecified atom stereocenters. The lowest BCUT2D eigenvalue weighted by Crippen LogP contribution is -2.02. The van der Waals surface area contributed by atoms with Gasteiger partial charge in [-0.05, 0) is 35.9 Å². The average Bonchev–Trinajstić information content (AvgIpc) is 2.48. The van der Waals surface area contributed by atoms with Crippen LogP contribution in [0, 0.1) is 0 Å². The SMILES string of the molecule is COc1cc(CN)cc(Cl)c1OCc1cc(Cl)ccc1Cl. The summed E-state index contributed by atoms with van der Waals surface area (Å²) >= 11 is 18.3. The Hall–Kier alpha value is -1.13. The number of nitrogens with two attached hydrogens (primary N) is 1. The molecule has 0 aliphatic carbocycles. The molecule has 0 aliphatic rings. The highest BCUT2D eigenvalue weighted by atomic mass is 35.5. The summed E-state index contributed by atoms with van der Waals surface area (Å²) in [6.07, 6.45) is 0. The summed E-state index contributed by atoms with van der Waals surface area (Å²) in [4.78, 5) is 0. The molecule has 0 saturated heterocycles. The topological polar surface area (TPSA) is 44.5 Å². The van der Waals surface area contributed by atoms with Gasteiger partial charge in [-0.3, -0.25) is 0 Å². The zero-order valence-electron chi connectivity index (χ0n) is 11.3. The Kier molecular flexibility index (Phi) is 5.59. The van der Waals surface area contributed by atoms with Crippen LogP contribution >= 0.6 is 34.8 Å². The molecule has 0 saturated carbocycles. The highest BCUT2D eigenvalue weighted by molar-refractivity contribution is 6.33. The molecule has 0 fully saturated rings. The predicted molar refractivity (Wildman–Crippen MR) is 86.7 cm³/mol. The summed E-state index contributed by atoms with van der Waals surface area (Å²) in [5.74, 6) is 0.980. The fraction of sp³-hybridized carbons (Fsp3) is 0.200. The van der Waals surface area contributed by atoms with Gasteiger partial charge in [-0.15, -0.1) is 0 Å². The van der Waals surface area contributed by atoms with E-state index in [0.717, 1.165) is 11.1 Å². The second-order valence-corrected chi connectivity index (χ2v) is 5.59. The van der Waals surface area contributed by atoms with Crippen molar-refractivity contribution < 1.29 is 9.47 Å². The monoisotopic (exact) mass is 345 g/mol.